The topological polar surface area (TPSA) is 471 Å². The first-order chi connectivity index (χ1) is 49.0. The molecular formula is C62H88N22O16S2. The molecule has 10 N–H and O–H groups in total. The Labute approximate surface area is 593 Å². The Hall–Kier alpha value is -8.62. The van der Waals surface area contributed by atoms with E-state index in [2.05, 4.69) is 66.6 Å². The van der Waals surface area contributed by atoms with Crippen LogP contribution in [0.4, 0.5) is 35.0 Å². The van der Waals surface area contributed by atoms with Gasteiger partial charge in [-0.15, -0.1) is 11.8 Å². The molecule has 5 fully saturated rings. The first-order valence-corrected chi connectivity index (χ1v) is 34.2. The zero-order valence-electron chi connectivity index (χ0n) is 58.4. The normalized spacial score (nSPS) is 24.1. The molecular weight excluding hydrogens is 1370 g/mol. The van der Waals surface area contributed by atoms with Crippen molar-refractivity contribution >= 4 is 80.9 Å². The molecule has 5 saturated heterocycles. The zero-order valence-corrected chi connectivity index (χ0v) is 60.0. The summed E-state index contributed by atoms with van der Waals surface area (Å²) < 4.78 is 73.6. The van der Waals surface area contributed by atoms with E-state index in [1.165, 1.54) is 30.0 Å². The number of rotatable bonds is 16. The first kappa shape index (κ1) is 77.5. The van der Waals surface area contributed by atoms with Gasteiger partial charge in [0.15, 0.2) is 47.7 Å². The SMILES string of the molecule is COC1C=CC(n2cnc3c(N(C)C)nc(C)nc32)C1.COC1CCC(n2ccc(N)nc2=O)O1.COC1OC(n2cc(C)c(N)nc2=O)CS1.COCC1CCC(n2ccc(N)nc2=O)O1.COCC1OC(n2ccc(N)nc2=O)CS1.COCC1OCC(n2cnc3c(C)nc(N)nc32)O1. The van der Waals surface area contributed by atoms with Crippen molar-refractivity contribution in [1.82, 2.24) is 77.2 Å². The lowest BCUT2D eigenvalue weighted by molar-refractivity contribution is -0.134. The van der Waals surface area contributed by atoms with Crippen molar-refractivity contribution in [3.8, 4) is 0 Å². The van der Waals surface area contributed by atoms with Crippen LogP contribution in [-0.2, 0) is 56.8 Å². The fourth-order valence-corrected chi connectivity index (χ4v) is 13.0. The second-order valence-electron chi connectivity index (χ2n) is 23.5. The predicted molar refractivity (Wildman–Crippen MR) is 377 cm³/mol. The second kappa shape index (κ2) is 36.5. The number of nitrogens with two attached hydrogens (primary N) is 5. The quantitative estimate of drug-likeness (QED) is 0.0868. The van der Waals surface area contributed by atoms with E-state index < -0.39 is 11.4 Å². The summed E-state index contributed by atoms with van der Waals surface area (Å²) in [4.78, 5) is 88.9. The van der Waals surface area contributed by atoms with Crippen molar-refractivity contribution < 1.29 is 56.8 Å². The van der Waals surface area contributed by atoms with Crippen LogP contribution in [0.2, 0.25) is 0 Å². The molecule has 14 rings (SSSR count). The molecule has 0 aromatic carbocycles. The molecule has 12 atom stereocenters. The van der Waals surface area contributed by atoms with Crippen molar-refractivity contribution in [1.29, 1.82) is 0 Å². The second-order valence-corrected chi connectivity index (χ2v) is 25.8. The number of allylic oxidation sites excluding steroid dienone is 1. The van der Waals surface area contributed by atoms with E-state index in [-0.39, 0.29) is 114 Å². The van der Waals surface area contributed by atoms with Gasteiger partial charge in [0.25, 0.3) is 0 Å². The van der Waals surface area contributed by atoms with Crippen LogP contribution in [0.25, 0.3) is 22.3 Å². The minimum atomic E-state index is -0.398. The maximum absolute atomic E-state index is 11.6. The summed E-state index contributed by atoms with van der Waals surface area (Å²) in [7, 11) is 13.7. The van der Waals surface area contributed by atoms with Gasteiger partial charge in [-0.3, -0.25) is 22.8 Å². The molecule has 8 aromatic heterocycles. The molecule has 38 nitrogen and oxygen atoms in total. The molecule has 40 heteroatoms. The summed E-state index contributed by atoms with van der Waals surface area (Å²) in [6.45, 7) is 7.42. The number of nitrogens with zero attached hydrogens (tertiary/aromatic N) is 17. The number of nitrogen functional groups attached to an aromatic ring is 5. The summed E-state index contributed by atoms with van der Waals surface area (Å²) in [6, 6.07) is 4.99. The highest BCUT2D eigenvalue weighted by atomic mass is 32.2. The molecule has 6 aliphatic rings. The molecule has 0 radical (unpaired) electrons. The van der Waals surface area contributed by atoms with Crippen molar-refractivity contribution in [3.05, 3.63) is 127 Å². The lowest BCUT2D eigenvalue weighted by atomic mass is 10.2. The molecule has 0 saturated carbocycles. The molecule has 12 unspecified atom stereocenters. The Morgan fingerprint density at radius 1 is 0.549 bits per heavy atom. The summed E-state index contributed by atoms with van der Waals surface area (Å²) in [5.41, 5.74) is 30.1. The maximum Gasteiger partial charge on any atom is 0.351 e. The third-order valence-corrected chi connectivity index (χ3v) is 18.2. The highest BCUT2D eigenvalue weighted by molar-refractivity contribution is 8.00. The Kier molecular flexibility index (Phi) is 27.7. The van der Waals surface area contributed by atoms with E-state index in [9.17, 15) is 19.2 Å². The van der Waals surface area contributed by atoms with Crippen molar-refractivity contribution in [3.63, 3.8) is 0 Å². The maximum atomic E-state index is 11.6. The molecule has 554 valence electrons. The lowest BCUT2D eigenvalue weighted by Crippen LogP contribution is -2.29. The van der Waals surface area contributed by atoms with E-state index >= 15 is 0 Å². The fourth-order valence-electron chi connectivity index (χ4n) is 11.0. The average molecular weight is 1460 g/mol. The third-order valence-electron chi connectivity index (χ3n) is 16.1. The van der Waals surface area contributed by atoms with E-state index in [1.54, 1.807) is 115 Å². The number of aryl methyl sites for hydroxylation is 3. The number of hydrogen-bond donors (Lipinski definition) is 5. The number of imidazole rings is 2. The van der Waals surface area contributed by atoms with Crippen LogP contribution >= 0.6 is 23.5 Å². The van der Waals surface area contributed by atoms with Crippen LogP contribution in [0.1, 0.15) is 86.4 Å². The molecule has 0 bridgehead atoms. The van der Waals surface area contributed by atoms with E-state index in [0.717, 1.165) is 66.2 Å². The number of fused-ring (bicyclic) bond motifs is 2. The van der Waals surface area contributed by atoms with Crippen LogP contribution in [0.15, 0.2) is 87.0 Å². The van der Waals surface area contributed by atoms with Gasteiger partial charge in [0.1, 0.15) is 58.7 Å². The van der Waals surface area contributed by atoms with Gasteiger partial charge in [0.05, 0.1) is 63.0 Å². The molecule has 13 heterocycles. The summed E-state index contributed by atoms with van der Waals surface area (Å²) in [6.07, 6.45) is 16.5. The van der Waals surface area contributed by atoms with Crippen LogP contribution < -0.4 is 56.3 Å². The number of thioether (sulfide) groups is 2. The van der Waals surface area contributed by atoms with Crippen LogP contribution in [-0.4, -0.2) is 208 Å². The van der Waals surface area contributed by atoms with Crippen molar-refractivity contribution in [2.24, 2.45) is 0 Å². The van der Waals surface area contributed by atoms with Crippen LogP contribution in [0.5, 0.6) is 0 Å². The van der Waals surface area contributed by atoms with Crippen LogP contribution in [0.3, 0.4) is 0 Å². The van der Waals surface area contributed by atoms with E-state index in [4.69, 9.17) is 85.5 Å². The van der Waals surface area contributed by atoms with Gasteiger partial charge < -0.3 is 95.0 Å². The minimum Gasteiger partial charge on any atom is -0.383 e. The van der Waals surface area contributed by atoms with Gasteiger partial charge in [0.2, 0.25) is 11.6 Å². The largest absolute Gasteiger partial charge is 0.383 e. The minimum absolute atomic E-state index is 0.0283. The van der Waals surface area contributed by atoms with Crippen molar-refractivity contribution in [2.45, 2.75) is 126 Å². The average Bonchev–Trinajstić information content (AvgIpc) is 1.63. The van der Waals surface area contributed by atoms with Gasteiger partial charge in [-0.25, -0.2) is 44.1 Å². The number of ether oxygens (including phenoxy) is 12. The predicted octanol–water partition coefficient (Wildman–Crippen LogP) is 2.59. The van der Waals surface area contributed by atoms with Gasteiger partial charge in [0, 0.05) is 111 Å². The van der Waals surface area contributed by atoms with E-state index in [1.807, 2.05) is 39.2 Å². The summed E-state index contributed by atoms with van der Waals surface area (Å²) in [5, 5.41) is 0. The standard InChI is InChI=1S/C14H19N5O.C11H15N5O3.C10H15N3O3.2C9H13N3O3S.C9H13N3O3/c1-9-16-13(18(2)3)12-14(17-9)19(8-15-12)10-5-6-11(7-10)20-4;1-6-9-10(15-11(12)14-6)16(5-13-9)7-3-18-8(19-7)4-17-2;1-15-6-7-2-3-9(16-7)13-5-4-8(11)12-10(13)14;1-5-3-12(8(13)11-7(5)10)6-4-16-9(14-2)15-6;1-14-4-8-15-7(5-16-8)12-3-2-6(10)11-9(12)13;1-14-8-3-2-7(15-8)12-5-4-6(10)11-9(12)13/h5-6,8,10-11H,7H2,1-4H3;5,7-8H,3-4H2,1-2H3,(H2,12,14,15);4-5,7,9H,2-3,6H2,1H3,(H2,11,12,14);3,6,9H,4H2,1-2H3,(H2,10,11,13);2-3,7-8H,4-5H2,1H3,(H2,10,11,13);4-5,7-8H,2-3H2,1H3,(H2,10,11,13). The third kappa shape index (κ3) is 20.0. The number of anilines is 6. The Morgan fingerprint density at radius 2 is 1.14 bits per heavy atom. The summed E-state index contributed by atoms with van der Waals surface area (Å²) >= 11 is 3.12. The zero-order chi connectivity index (χ0) is 73.3. The lowest BCUT2D eigenvalue weighted by Gasteiger charge is -2.15. The van der Waals surface area contributed by atoms with Crippen molar-refractivity contribution in [2.75, 3.05) is 128 Å². The molecule has 0 spiro atoms. The van der Waals surface area contributed by atoms with Gasteiger partial charge in [-0.1, -0.05) is 23.9 Å². The van der Waals surface area contributed by atoms with Crippen LogP contribution in [0, 0.1) is 20.8 Å². The van der Waals surface area contributed by atoms with Gasteiger partial charge in [-0.2, -0.15) is 24.9 Å². The van der Waals surface area contributed by atoms with E-state index in [0.29, 0.717) is 49.1 Å². The number of hydrogen-bond acceptors (Lipinski definition) is 34. The fraction of sp³-hybridized carbons (Fsp3) is 0.548. The molecule has 8 aromatic rings. The van der Waals surface area contributed by atoms with Gasteiger partial charge in [-0.05, 0) is 58.2 Å². The number of aromatic nitrogens is 16. The molecule has 102 heavy (non-hydrogen) atoms. The number of methoxy groups -OCH3 is 6. The molecule has 1 aliphatic carbocycles. The smallest absolute Gasteiger partial charge is 0.351 e. The Balaban J connectivity index is 0.000000143. The molecule has 0 amide bonds. The highest BCUT2D eigenvalue weighted by Gasteiger charge is 2.33. The Bertz CT molecular complexity index is 4270. The molecule has 5 aliphatic heterocycles. The van der Waals surface area contributed by atoms with Gasteiger partial charge >= 0.3 is 22.8 Å². The Morgan fingerprint density at radius 3 is 1.73 bits per heavy atom. The monoisotopic (exact) mass is 1460 g/mol. The summed E-state index contributed by atoms with van der Waals surface area (Å²) in [5.74, 6) is 4.13. The first-order valence-electron chi connectivity index (χ1n) is 32.1. The highest BCUT2D eigenvalue weighted by Crippen LogP contribution is 2.34.